The number of fused-ring (bicyclic) bond motifs is 1. The largest absolute Gasteiger partial charge is 0.379 e. The smallest absolute Gasteiger partial charge is 0.231 e. The fourth-order valence-corrected chi connectivity index (χ4v) is 4.39. The van der Waals surface area contributed by atoms with E-state index in [0.29, 0.717) is 11.6 Å². The van der Waals surface area contributed by atoms with Gasteiger partial charge in [-0.05, 0) is 24.6 Å². The molecule has 1 aromatic carbocycles. The molecule has 1 aliphatic heterocycles. The summed E-state index contributed by atoms with van der Waals surface area (Å²) in [5, 5.41) is 1.46. The molecule has 0 spiro atoms. The summed E-state index contributed by atoms with van der Waals surface area (Å²) in [5.41, 5.74) is 1.97. The number of halogens is 2. The van der Waals surface area contributed by atoms with Gasteiger partial charge in [0.2, 0.25) is 5.91 Å². The minimum atomic E-state index is -0.0682. The standard InChI is InChI=1S/C18H24ClN3O2S.ClH/c1-12(2)17(23)22(5-4-21-6-8-24-9-7-21)18-20-16-13(3)10-14(19)11-15(16)25-18;/h10-12H,4-9H2,1-3H3;1H. The van der Waals surface area contributed by atoms with Crippen LogP contribution in [0.5, 0.6) is 0 Å². The molecule has 1 aromatic heterocycles. The minimum Gasteiger partial charge on any atom is -0.379 e. The Labute approximate surface area is 169 Å². The molecular weight excluding hydrogens is 393 g/mol. The highest BCUT2D eigenvalue weighted by atomic mass is 35.5. The van der Waals surface area contributed by atoms with Crippen molar-refractivity contribution in [3.63, 3.8) is 0 Å². The molecule has 1 saturated heterocycles. The molecule has 0 radical (unpaired) electrons. The number of aromatic nitrogens is 1. The zero-order valence-electron chi connectivity index (χ0n) is 15.3. The lowest BCUT2D eigenvalue weighted by molar-refractivity contribution is -0.121. The number of amides is 1. The molecule has 0 N–H and O–H groups in total. The molecule has 1 aliphatic rings. The van der Waals surface area contributed by atoms with E-state index in [1.165, 1.54) is 11.3 Å². The van der Waals surface area contributed by atoms with Crippen molar-refractivity contribution in [2.45, 2.75) is 20.8 Å². The fraction of sp³-hybridized carbons (Fsp3) is 0.556. The van der Waals surface area contributed by atoms with Crippen molar-refractivity contribution in [2.24, 2.45) is 5.92 Å². The van der Waals surface area contributed by atoms with Crippen molar-refractivity contribution < 1.29 is 9.53 Å². The van der Waals surface area contributed by atoms with E-state index in [1.807, 2.05) is 37.8 Å². The Morgan fingerprint density at radius 2 is 2.08 bits per heavy atom. The number of rotatable bonds is 5. The van der Waals surface area contributed by atoms with E-state index in [9.17, 15) is 4.79 Å². The second-order valence-corrected chi connectivity index (χ2v) is 8.11. The number of carbonyl (C=O) groups excluding carboxylic acids is 1. The Morgan fingerprint density at radius 3 is 2.73 bits per heavy atom. The van der Waals surface area contributed by atoms with Crippen LogP contribution in [0, 0.1) is 12.8 Å². The van der Waals surface area contributed by atoms with Crippen LogP contribution in [0.2, 0.25) is 5.02 Å². The molecule has 0 bridgehead atoms. The third-order valence-electron chi connectivity index (χ3n) is 4.37. The molecule has 0 aliphatic carbocycles. The summed E-state index contributed by atoms with van der Waals surface area (Å²) in [4.78, 5) is 21.7. The molecule has 0 saturated carbocycles. The molecule has 0 atom stereocenters. The van der Waals surface area contributed by atoms with Gasteiger partial charge in [-0.25, -0.2) is 4.98 Å². The zero-order chi connectivity index (χ0) is 18.0. The van der Waals surface area contributed by atoms with Gasteiger partial charge < -0.3 is 4.74 Å². The molecule has 2 heterocycles. The molecule has 26 heavy (non-hydrogen) atoms. The summed E-state index contributed by atoms with van der Waals surface area (Å²) in [6.07, 6.45) is 0. The van der Waals surface area contributed by atoms with Gasteiger partial charge >= 0.3 is 0 Å². The zero-order valence-corrected chi connectivity index (χ0v) is 17.7. The maximum absolute atomic E-state index is 12.8. The normalized spacial score (nSPS) is 15.3. The maximum Gasteiger partial charge on any atom is 0.231 e. The lowest BCUT2D eigenvalue weighted by Gasteiger charge is -2.29. The van der Waals surface area contributed by atoms with Gasteiger partial charge in [0.25, 0.3) is 0 Å². The van der Waals surface area contributed by atoms with Crippen molar-refractivity contribution >= 4 is 56.6 Å². The number of morpholine rings is 1. The first-order valence-corrected chi connectivity index (χ1v) is 9.83. The third kappa shape index (κ3) is 4.87. The third-order valence-corrected chi connectivity index (χ3v) is 5.62. The fourth-order valence-electron chi connectivity index (χ4n) is 2.94. The second kappa shape index (κ2) is 9.33. The van der Waals surface area contributed by atoms with Crippen molar-refractivity contribution in [3.05, 3.63) is 22.7 Å². The van der Waals surface area contributed by atoms with Crippen LogP contribution >= 0.6 is 35.3 Å². The quantitative estimate of drug-likeness (QED) is 0.737. The SMILES string of the molecule is Cc1cc(Cl)cc2sc(N(CCN3CCOCC3)C(=O)C(C)C)nc12.Cl. The van der Waals surface area contributed by atoms with Crippen molar-refractivity contribution in [2.75, 3.05) is 44.3 Å². The van der Waals surface area contributed by atoms with Crippen LogP contribution in [-0.2, 0) is 9.53 Å². The summed E-state index contributed by atoms with van der Waals surface area (Å²) in [5.74, 6) is 0.0393. The highest BCUT2D eigenvalue weighted by Crippen LogP contribution is 2.33. The van der Waals surface area contributed by atoms with Crippen LogP contribution < -0.4 is 4.90 Å². The number of ether oxygens (including phenoxy) is 1. The molecule has 144 valence electrons. The van der Waals surface area contributed by atoms with Gasteiger partial charge in [-0.15, -0.1) is 12.4 Å². The molecule has 2 aromatic rings. The molecule has 0 unspecified atom stereocenters. The highest BCUT2D eigenvalue weighted by Gasteiger charge is 2.24. The Kier molecular flexibility index (Phi) is 7.67. The lowest BCUT2D eigenvalue weighted by Crippen LogP contribution is -2.44. The van der Waals surface area contributed by atoms with Gasteiger partial charge in [0, 0.05) is 37.1 Å². The average molecular weight is 418 g/mol. The Bertz CT molecular complexity index is 760. The number of benzene rings is 1. The monoisotopic (exact) mass is 417 g/mol. The van der Waals surface area contributed by atoms with Crippen molar-refractivity contribution in [1.29, 1.82) is 0 Å². The van der Waals surface area contributed by atoms with Crippen LogP contribution in [0.1, 0.15) is 19.4 Å². The first kappa shape index (κ1) is 21.4. The van der Waals surface area contributed by atoms with Crippen LogP contribution in [0.3, 0.4) is 0 Å². The number of aryl methyl sites for hydroxylation is 1. The van der Waals surface area contributed by atoms with Crippen LogP contribution in [0.15, 0.2) is 12.1 Å². The van der Waals surface area contributed by atoms with Gasteiger partial charge in [-0.1, -0.05) is 36.8 Å². The van der Waals surface area contributed by atoms with Gasteiger partial charge in [0.1, 0.15) is 0 Å². The molecule has 1 amide bonds. The van der Waals surface area contributed by atoms with Crippen LogP contribution in [0.4, 0.5) is 5.13 Å². The first-order valence-electron chi connectivity index (χ1n) is 8.64. The number of hydrogen-bond donors (Lipinski definition) is 0. The summed E-state index contributed by atoms with van der Waals surface area (Å²) in [6, 6.07) is 3.83. The summed E-state index contributed by atoms with van der Waals surface area (Å²) in [7, 11) is 0. The molecule has 5 nitrogen and oxygen atoms in total. The van der Waals surface area contributed by atoms with E-state index < -0.39 is 0 Å². The van der Waals surface area contributed by atoms with Gasteiger partial charge in [-0.3, -0.25) is 14.6 Å². The van der Waals surface area contributed by atoms with Gasteiger partial charge in [0.15, 0.2) is 5.13 Å². The van der Waals surface area contributed by atoms with Crippen molar-refractivity contribution in [3.8, 4) is 0 Å². The second-order valence-electron chi connectivity index (χ2n) is 6.66. The summed E-state index contributed by atoms with van der Waals surface area (Å²) >= 11 is 7.70. The van der Waals surface area contributed by atoms with E-state index >= 15 is 0 Å². The minimum absolute atomic E-state index is 0. The predicted molar refractivity (Wildman–Crippen MR) is 111 cm³/mol. The van der Waals surface area contributed by atoms with Crippen molar-refractivity contribution in [1.82, 2.24) is 9.88 Å². The number of carbonyl (C=O) groups is 1. The number of anilines is 1. The maximum atomic E-state index is 12.8. The highest BCUT2D eigenvalue weighted by molar-refractivity contribution is 7.22. The van der Waals surface area contributed by atoms with Crippen LogP contribution in [-0.4, -0.2) is 55.2 Å². The van der Waals surface area contributed by atoms with Gasteiger partial charge in [0.05, 0.1) is 23.4 Å². The van der Waals surface area contributed by atoms with E-state index in [4.69, 9.17) is 21.3 Å². The predicted octanol–water partition coefficient (Wildman–Crippen LogP) is 4.00. The topological polar surface area (TPSA) is 45.7 Å². The number of thiazole rings is 1. The van der Waals surface area contributed by atoms with E-state index in [1.54, 1.807) is 0 Å². The number of nitrogens with zero attached hydrogens (tertiary/aromatic N) is 3. The molecular formula is C18H25Cl2N3O2S. The Hall–Kier alpha value is -0.920. The van der Waals surface area contributed by atoms with Crippen LogP contribution in [0.25, 0.3) is 10.2 Å². The van der Waals surface area contributed by atoms with E-state index in [2.05, 4.69) is 4.90 Å². The number of hydrogen-bond acceptors (Lipinski definition) is 5. The molecule has 1 fully saturated rings. The van der Waals surface area contributed by atoms with E-state index in [0.717, 1.165) is 53.8 Å². The lowest BCUT2D eigenvalue weighted by atomic mass is 10.2. The first-order chi connectivity index (χ1) is 12.0. The van der Waals surface area contributed by atoms with Gasteiger partial charge in [-0.2, -0.15) is 0 Å². The molecule has 3 rings (SSSR count). The van der Waals surface area contributed by atoms with E-state index in [-0.39, 0.29) is 24.2 Å². The molecule has 8 heteroatoms. The summed E-state index contributed by atoms with van der Waals surface area (Å²) in [6.45, 7) is 10.7. The Morgan fingerprint density at radius 1 is 1.38 bits per heavy atom. The summed E-state index contributed by atoms with van der Waals surface area (Å²) < 4.78 is 6.42. The Balaban J connectivity index is 0.00000243. The average Bonchev–Trinajstić information content (AvgIpc) is 2.99.